The Morgan fingerprint density at radius 1 is 1.50 bits per heavy atom. The Balaban J connectivity index is 1.75. The Hall–Kier alpha value is -1.43. The number of fused-ring (bicyclic) bond motifs is 1. The molecule has 1 aliphatic heterocycles. The fourth-order valence-corrected chi connectivity index (χ4v) is 4.24. The third-order valence-corrected chi connectivity index (χ3v) is 5.29. The van der Waals surface area contributed by atoms with Gasteiger partial charge in [0.1, 0.15) is 6.04 Å². The van der Waals surface area contributed by atoms with Crippen molar-refractivity contribution in [1.29, 1.82) is 0 Å². The zero-order valence-electron chi connectivity index (χ0n) is 11.4. The van der Waals surface area contributed by atoms with E-state index in [0.717, 1.165) is 30.0 Å². The first-order valence-electron chi connectivity index (χ1n) is 6.99. The van der Waals surface area contributed by atoms with Crippen LogP contribution in [0.25, 0.3) is 0 Å². The van der Waals surface area contributed by atoms with Gasteiger partial charge >= 0.3 is 5.97 Å². The van der Waals surface area contributed by atoms with E-state index in [-0.39, 0.29) is 18.2 Å². The lowest BCUT2D eigenvalue weighted by Crippen LogP contribution is -2.44. The number of carbonyl (C=O) groups is 2. The summed E-state index contributed by atoms with van der Waals surface area (Å²) in [5.41, 5.74) is 0.749. The largest absolute Gasteiger partial charge is 0.480 e. The lowest BCUT2D eigenvalue weighted by molar-refractivity contribution is -0.149. The normalized spacial score (nSPS) is 28.6. The number of likely N-dealkylation sites (tertiary alicyclic amines) is 1. The molecule has 3 unspecified atom stereocenters. The minimum Gasteiger partial charge on any atom is -0.480 e. The predicted molar refractivity (Wildman–Crippen MR) is 74.5 cm³/mol. The number of carbonyl (C=O) groups excluding carboxylic acids is 1. The Morgan fingerprint density at radius 2 is 2.30 bits per heavy atom. The summed E-state index contributed by atoms with van der Waals surface area (Å²) in [4.78, 5) is 29.8. The molecule has 0 bridgehead atoms. The van der Waals surface area contributed by atoms with Gasteiger partial charge in [-0.2, -0.15) is 0 Å². The number of carboxylic acids is 1. The molecule has 2 aliphatic rings. The number of hydrogen-bond acceptors (Lipinski definition) is 4. The van der Waals surface area contributed by atoms with Crippen LogP contribution in [0.4, 0.5) is 0 Å². The number of hydrogen-bond donors (Lipinski definition) is 1. The van der Waals surface area contributed by atoms with E-state index in [1.54, 1.807) is 4.90 Å². The van der Waals surface area contributed by atoms with Gasteiger partial charge < -0.3 is 10.0 Å². The van der Waals surface area contributed by atoms with E-state index >= 15 is 0 Å². The standard InChI is InChI=1S/C14H18N2O3S/c1-8-15-10(7-20-8)5-12(17)16-6-9-3-2-4-11(9)13(16)14(18)19/h7,9,11,13H,2-6H2,1H3,(H,18,19). The molecule has 1 amide bonds. The fraction of sp³-hybridized carbons (Fsp3) is 0.643. The number of thiazole rings is 1. The van der Waals surface area contributed by atoms with Gasteiger partial charge in [-0.15, -0.1) is 11.3 Å². The van der Waals surface area contributed by atoms with Gasteiger partial charge in [-0.05, 0) is 31.6 Å². The number of carboxylic acid groups (broad SMARTS) is 1. The van der Waals surface area contributed by atoms with Crippen LogP contribution in [0, 0.1) is 18.8 Å². The molecule has 1 saturated heterocycles. The van der Waals surface area contributed by atoms with E-state index in [2.05, 4.69) is 4.98 Å². The Morgan fingerprint density at radius 3 is 2.95 bits per heavy atom. The molecule has 3 rings (SSSR count). The Bertz CT molecular complexity index is 542. The summed E-state index contributed by atoms with van der Waals surface area (Å²) >= 11 is 1.51. The van der Waals surface area contributed by atoms with Crippen molar-refractivity contribution in [3.8, 4) is 0 Å². The van der Waals surface area contributed by atoms with Gasteiger partial charge in [0.25, 0.3) is 0 Å². The molecule has 0 aromatic carbocycles. The molecule has 6 heteroatoms. The van der Waals surface area contributed by atoms with Crippen LogP contribution < -0.4 is 0 Å². The highest BCUT2D eigenvalue weighted by atomic mass is 32.1. The first kappa shape index (κ1) is 13.5. The van der Waals surface area contributed by atoms with Crippen molar-refractivity contribution in [3.05, 3.63) is 16.1 Å². The van der Waals surface area contributed by atoms with E-state index in [4.69, 9.17) is 0 Å². The first-order chi connectivity index (χ1) is 9.56. The quantitative estimate of drug-likeness (QED) is 0.921. The van der Waals surface area contributed by atoms with Crippen molar-refractivity contribution in [2.75, 3.05) is 6.54 Å². The second-order valence-corrected chi connectivity index (χ2v) is 6.78. The molecule has 2 heterocycles. The molecule has 5 nitrogen and oxygen atoms in total. The van der Waals surface area contributed by atoms with E-state index < -0.39 is 12.0 Å². The number of rotatable bonds is 3. The SMILES string of the molecule is Cc1nc(CC(=O)N2CC3CCCC3C2C(=O)O)cs1. The van der Waals surface area contributed by atoms with Gasteiger partial charge in [-0.25, -0.2) is 9.78 Å². The first-order valence-corrected chi connectivity index (χ1v) is 7.87. The molecule has 0 spiro atoms. The van der Waals surface area contributed by atoms with Gasteiger partial charge in [-0.1, -0.05) is 6.42 Å². The predicted octanol–water partition coefficient (Wildman–Crippen LogP) is 1.71. The zero-order chi connectivity index (χ0) is 14.3. The Labute approximate surface area is 121 Å². The summed E-state index contributed by atoms with van der Waals surface area (Å²) in [6, 6.07) is -0.630. The van der Waals surface area contributed by atoms with Crippen LogP contribution >= 0.6 is 11.3 Å². The summed E-state index contributed by atoms with van der Waals surface area (Å²) in [6.07, 6.45) is 3.29. The van der Waals surface area contributed by atoms with E-state index in [1.807, 2.05) is 12.3 Å². The van der Waals surface area contributed by atoms with Crippen molar-refractivity contribution >= 4 is 23.2 Å². The van der Waals surface area contributed by atoms with Crippen molar-refractivity contribution in [3.63, 3.8) is 0 Å². The average Bonchev–Trinajstić information content (AvgIpc) is 3.02. The monoisotopic (exact) mass is 294 g/mol. The number of nitrogens with zero attached hydrogens (tertiary/aromatic N) is 2. The number of aliphatic carboxylic acids is 1. The smallest absolute Gasteiger partial charge is 0.326 e. The average molecular weight is 294 g/mol. The molecule has 1 N–H and O–H groups in total. The van der Waals surface area contributed by atoms with Crippen LogP contribution in [0.5, 0.6) is 0 Å². The minimum absolute atomic E-state index is 0.0999. The van der Waals surface area contributed by atoms with Gasteiger partial charge in [-0.3, -0.25) is 4.79 Å². The molecule has 1 aromatic rings. The molecule has 1 aliphatic carbocycles. The maximum absolute atomic E-state index is 12.4. The van der Waals surface area contributed by atoms with Crippen molar-refractivity contribution in [2.24, 2.45) is 11.8 Å². The van der Waals surface area contributed by atoms with Gasteiger partial charge in [0.15, 0.2) is 0 Å². The van der Waals surface area contributed by atoms with E-state index in [0.29, 0.717) is 12.5 Å². The number of amides is 1. The fourth-order valence-electron chi connectivity index (χ4n) is 3.62. The van der Waals surface area contributed by atoms with Crippen LogP contribution in [0.3, 0.4) is 0 Å². The molecule has 20 heavy (non-hydrogen) atoms. The minimum atomic E-state index is -0.859. The zero-order valence-corrected chi connectivity index (χ0v) is 12.2. The molecule has 1 aromatic heterocycles. The molecule has 1 saturated carbocycles. The number of aryl methyl sites for hydroxylation is 1. The van der Waals surface area contributed by atoms with Crippen molar-refractivity contribution in [2.45, 2.75) is 38.6 Å². The van der Waals surface area contributed by atoms with Crippen LogP contribution in [0.2, 0.25) is 0 Å². The van der Waals surface area contributed by atoms with Crippen LogP contribution in [-0.2, 0) is 16.0 Å². The summed E-state index contributed by atoms with van der Waals surface area (Å²) in [5.74, 6) is -0.440. The van der Waals surface area contributed by atoms with Crippen LogP contribution in [0.15, 0.2) is 5.38 Å². The third-order valence-electron chi connectivity index (χ3n) is 4.46. The third kappa shape index (κ3) is 2.32. The van der Waals surface area contributed by atoms with Gasteiger partial charge in [0, 0.05) is 11.9 Å². The van der Waals surface area contributed by atoms with Crippen LogP contribution in [0.1, 0.15) is 30.0 Å². The highest BCUT2D eigenvalue weighted by Crippen LogP contribution is 2.42. The number of aromatic nitrogens is 1. The summed E-state index contributed by atoms with van der Waals surface area (Å²) < 4.78 is 0. The molecule has 0 radical (unpaired) electrons. The molecule has 2 fully saturated rings. The second-order valence-electron chi connectivity index (χ2n) is 5.72. The lowest BCUT2D eigenvalue weighted by Gasteiger charge is -2.24. The maximum Gasteiger partial charge on any atom is 0.326 e. The van der Waals surface area contributed by atoms with E-state index in [1.165, 1.54) is 11.3 Å². The molecule has 108 valence electrons. The van der Waals surface area contributed by atoms with E-state index in [9.17, 15) is 14.7 Å². The maximum atomic E-state index is 12.4. The molecular weight excluding hydrogens is 276 g/mol. The van der Waals surface area contributed by atoms with Crippen molar-refractivity contribution in [1.82, 2.24) is 9.88 Å². The van der Waals surface area contributed by atoms with Crippen LogP contribution in [-0.4, -0.2) is 39.5 Å². The van der Waals surface area contributed by atoms with Gasteiger partial charge in [0.05, 0.1) is 17.1 Å². The Kier molecular flexibility index (Phi) is 3.50. The summed E-state index contributed by atoms with van der Waals surface area (Å²) in [7, 11) is 0. The highest BCUT2D eigenvalue weighted by molar-refractivity contribution is 7.09. The molecule has 3 atom stereocenters. The van der Waals surface area contributed by atoms with Gasteiger partial charge in [0.2, 0.25) is 5.91 Å². The topological polar surface area (TPSA) is 70.5 Å². The lowest BCUT2D eigenvalue weighted by atomic mass is 9.94. The second kappa shape index (κ2) is 5.16. The molecular formula is C14H18N2O3S. The summed E-state index contributed by atoms with van der Waals surface area (Å²) in [6.45, 7) is 2.50. The van der Waals surface area contributed by atoms with Crippen molar-refractivity contribution < 1.29 is 14.7 Å². The highest BCUT2D eigenvalue weighted by Gasteiger charge is 2.49. The summed E-state index contributed by atoms with van der Waals surface area (Å²) in [5, 5.41) is 12.2.